The van der Waals surface area contributed by atoms with Crippen LogP contribution in [0.4, 0.5) is 17.6 Å². The van der Waals surface area contributed by atoms with E-state index in [1.54, 1.807) is 12.1 Å². The number of nitrogens with one attached hydrogen (secondary N) is 4. The van der Waals surface area contributed by atoms with Gasteiger partial charge in [0.15, 0.2) is 11.6 Å². The van der Waals surface area contributed by atoms with E-state index in [1.165, 1.54) is 36.4 Å². The van der Waals surface area contributed by atoms with Crippen molar-refractivity contribution < 1.29 is 36.6 Å². The maximum atomic E-state index is 14.8. The van der Waals surface area contributed by atoms with Crippen LogP contribution in [0.5, 0.6) is 0 Å². The van der Waals surface area contributed by atoms with E-state index in [9.17, 15) is 27.2 Å². The molecule has 2 aromatic heterocycles. The first-order valence-corrected chi connectivity index (χ1v) is 18.2. The molecular formula is C42H36F4N4O4. The van der Waals surface area contributed by atoms with Gasteiger partial charge in [-0.3, -0.25) is 9.59 Å². The van der Waals surface area contributed by atoms with Gasteiger partial charge in [-0.1, -0.05) is 24.3 Å². The second-order valence-electron chi connectivity index (χ2n) is 14.3. The van der Waals surface area contributed by atoms with E-state index < -0.39 is 11.6 Å². The zero-order chi connectivity index (χ0) is 37.1. The number of aromatic nitrogens is 2. The lowest BCUT2D eigenvalue weighted by Crippen LogP contribution is -2.14. The standard InChI is InChI=1S/2C21H18F2N2O2/c2*22-12-7-14-19(26)10-27-9-15-20(14)18(8-12)25-21(15)11-3-4-13(16(23)6-11)17-2-1-5-24-17/h2*3-4,6-8,17,24-25H,1-2,5,9-10H2/t2*17-/m10/s1. The normalized spacial score (nSPS) is 19.6. The predicted octanol–water partition coefficient (Wildman–Crippen LogP) is 8.50. The molecule has 2 saturated heterocycles. The van der Waals surface area contributed by atoms with E-state index in [1.807, 2.05) is 12.1 Å². The van der Waals surface area contributed by atoms with Gasteiger partial charge in [0.2, 0.25) is 0 Å². The quantitative estimate of drug-likeness (QED) is 0.135. The van der Waals surface area contributed by atoms with Gasteiger partial charge in [0, 0.05) is 78.4 Å². The summed E-state index contributed by atoms with van der Waals surface area (Å²) in [5.41, 5.74) is 7.16. The molecule has 4 N–H and O–H groups in total. The molecule has 54 heavy (non-hydrogen) atoms. The van der Waals surface area contributed by atoms with E-state index in [4.69, 9.17) is 9.47 Å². The summed E-state index contributed by atoms with van der Waals surface area (Å²) in [6, 6.07) is 15.6. The SMILES string of the molecule is O=C1COCc2c(-c3ccc([C@@H]4CCCN4)c(F)c3)[nH]c3cc(F)cc1c23.O=C1COCc2c(-c3ccc([C@H]4CCCN4)c(F)c3)[nH]c3cc(F)cc1c23. The van der Waals surface area contributed by atoms with Gasteiger partial charge in [-0.05, 0) is 75.2 Å². The summed E-state index contributed by atoms with van der Waals surface area (Å²) in [6.07, 6.45) is 3.93. The number of halogens is 4. The minimum absolute atomic E-state index is 0.0463. The van der Waals surface area contributed by atoms with Crippen LogP contribution < -0.4 is 10.6 Å². The molecule has 0 aliphatic carbocycles. The molecule has 4 aromatic carbocycles. The molecule has 6 aromatic rings. The van der Waals surface area contributed by atoms with Crippen LogP contribution in [0.3, 0.4) is 0 Å². The van der Waals surface area contributed by atoms with Crippen molar-refractivity contribution in [3.05, 3.63) is 117 Å². The van der Waals surface area contributed by atoms with Gasteiger partial charge in [-0.15, -0.1) is 0 Å². The summed E-state index contributed by atoms with van der Waals surface area (Å²) in [5, 5.41) is 7.94. The highest BCUT2D eigenvalue weighted by atomic mass is 19.1. The van der Waals surface area contributed by atoms with Crippen LogP contribution in [0.25, 0.3) is 44.3 Å². The summed E-state index contributed by atoms with van der Waals surface area (Å²) >= 11 is 0. The highest BCUT2D eigenvalue weighted by molar-refractivity contribution is 6.12. The third-order valence-corrected chi connectivity index (χ3v) is 10.9. The van der Waals surface area contributed by atoms with E-state index >= 15 is 0 Å². The molecule has 0 unspecified atom stereocenters. The maximum absolute atomic E-state index is 14.8. The zero-order valence-corrected chi connectivity index (χ0v) is 29.1. The fourth-order valence-corrected chi connectivity index (χ4v) is 8.43. The lowest BCUT2D eigenvalue weighted by molar-refractivity contribution is 0.0738. The number of hydrogen-bond donors (Lipinski definition) is 4. The van der Waals surface area contributed by atoms with Crippen LogP contribution in [-0.4, -0.2) is 47.8 Å². The molecule has 4 aliphatic heterocycles. The molecule has 0 radical (unpaired) electrons. The fourth-order valence-electron chi connectivity index (χ4n) is 8.43. The zero-order valence-electron chi connectivity index (χ0n) is 29.1. The third kappa shape index (κ3) is 6.12. The number of carbonyl (C=O) groups is 2. The number of ketones is 2. The summed E-state index contributed by atoms with van der Waals surface area (Å²) in [7, 11) is 0. The molecule has 8 nitrogen and oxygen atoms in total. The topological polar surface area (TPSA) is 108 Å². The van der Waals surface area contributed by atoms with Gasteiger partial charge in [0.05, 0.1) is 24.6 Å². The Balaban J connectivity index is 0.000000142. The van der Waals surface area contributed by atoms with Crippen molar-refractivity contribution in [3.63, 3.8) is 0 Å². The second kappa shape index (κ2) is 13.9. The molecule has 2 fully saturated rings. The Kier molecular flexibility index (Phi) is 8.93. The van der Waals surface area contributed by atoms with Gasteiger partial charge in [-0.25, -0.2) is 17.6 Å². The van der Waals surface area contributed by atoms with Crippen LogP contribution in [-0.2, 0) is 22.7 Å². The Bertz CT molecular complexity index is 2310. The minimum atomic E-state index is -0.485. The van der Waals surface area contributed by atoms with Gasteiger partial charge in [0.1, 0.15) is 36.5 Å². The van der Waals surface area contributed by atoms with Crippen molar-refractivity contribution >= 4 is 33.4 Å². The average molecular weight is 737 g/mol. The van der Waals surface area contributed by atoms with Crippen molar-refractivity contribution in [3.8, 4) is 22.5 Å². The first-order chi connectivity index (χ1) is 26.2. The number of carbonyl (C=O) groups excluding carboxylic acids is 2. The molecule has 4 aliphatic rings. The number of hydrogen-bond acceptors (Lipinski definition) is 6. The fraction of sp³-hybridized carbons (Fsp3) is 0.286. The van der Waals surface area contributed by atoms with Crippen molar-refractivity contribution in [1.29, 1.82) is 0 Å². The van der Waals surface area contributed by atoms with Crippen molar-refractivity contribution in [2.45, 2.75) is 51.0 Å². The molecule has 0 saturated carbocycles. The molecule has 12 heteroatoms. The smallest absolute Gasteiger partial charge is 0.189 e. The van der Waals surface area contributed by atoms with Crippen LogP contribution >= 0.6 is 0 Å². The predicted molar refractivity (Wildman–Crippen MR) is 195 cm³/mol. The van der Waals surface area contributed by atoms with E-state index in [0.717, 1.165) is 49.9 Å². The molecule has 0 amide bonds. The van der Waals surface area contributed by atoms with Crippen LogP contribution in [0, 0.1) is 23.3 Å². The van der Waals surface area contributed by atoms with Gasteiger partial charge < -0.3 is 30.1 Å². The first-order valence-electron chi connectivity index (χ1n) is 18.2. The lowest BCUT2D eigenvalue weighted by atomic mass is 9.98. The van der Waals surface area contributed by atoms with E-state index in [-0.39, 0.29) is 61.7 Å². The number of rotatable bonds is 4. The number of Topliss-reactive ketones (excluding diaryl/α,β-unsaturated/α-hetero) is 2. The largest absolute Gasteiger partial charge is 0.369 e. The highest BCUT2D eigenvalue weighted by Gasteiger charge is 2.27. The third-order valence-electron chi connectivity index (χ3n) is 10.9. The van der Waals surface area contributed by atoms with Crippen molar-refractivity contribution in [2.75, 3.05) is 26.3 Å². The number of ether oxygens (including phenoxy) is 2. The number of H-pyrrole nitrogens is 2. The molecular weight excluding hydrogens is 700 g/mol. The molecule has 10 rings (SSSR count). The summed E-state index contributed by atoms with van der Waals surface area (Å²) in [4.78, 5) is 30.9. The Morgan fingerprint density at radius 3 is 1.39 bits per heavy atom. The summed E-state index contributed by atoms with van der Waals surface area (Å²) in [6.45, 7) is 2.05. The molecule has 0 bridgehead atoms. The lowest BCUT2D eigenvalue weighted by Gasteiger charge is -2.13. The van der Waals surface area contributed by atoms with E-state index in [2.05, 4.69) is 20.6 Å². The van der Waals surface area contributed by atoms with E-state index in [0.29, 0.717) is 66.6 Å². The maximum Gasteiger partial charge on any atom is 0.189 e. The van der Waals surface area contributed by atoms with Gasteiger partial charge in [-0.2, -0.15) is 0 Å². The summed E-state index contributed by atoms with van der Waals surface area (Å²) in [5.74, 6) is -2.01. The second-order valence-corrected chi connectivity index (χ2v) is 14.3. The molecule has 276 valence electrons. The van der Waals surface area contributed by atoms with Crippen LogP contribution in [0.2, 0.25) is 0 Å². The van der Waals surface area contributed by atoms with Crippen LogP contribution in [0.1, 0.15) is 80.7 Å². The van der Waals surface area contributed by atoms with Crippen molar-refractivity contribution in [2.24, 2.45) is 0 Å². The van der Waals surface area contributed by atoms with Gasteiger partial charge >= 0.3 is 0 Å². The van der Waals surface area contributed by atoms with Crippen LogP contribution in [0.15, 0.2) is 60.7 Å². The molecule has 0 spiro atoms. The molecule has 6 heterocycles. The Hall–Kier alpha value is -5.14. The highest BCUT2D eigenvalue weighted by Crippen LogP contribution is 2.39. The minimum Gasteiger partial charge on any atom is -0.369 e. The average Bonchev–Trinajstić information content (AvgIpc) is 3.96. The molecule has 2 atom stereocenters. The first kappa shape index (κ1) is 34.6. The number of benzene rings is 4. The van der Waals surface area contributed by atoms with Crippen molar-refractivity contribution in [1.82, 2.24) is 20.6 Å². The Morgan fingerprint density at radius 1 is 0.556 bits per heavy atom. The summed E-state index contributed by atoms with van der Waals surface area (Å²) < 4.78 is 68.5. The van der Waals surface area contributed by atoms with Gasteiger partial charge in [0.25, 0.3) is 0 Å². The Morgan fingerprint density at radius 2 is 1.00 bits per heavy atom. The monoisotopic (exact) mass is 736 g/mol. The number of aromatic amines is 2. The Labute approximate surface area is 307 Å².